The SMILES string of the molecule is COc1cccc(C2C(C(=O)OCCN(C)C)=C(C)N=C3SC(c4c(Cl)cccc4Cl)=CN32)c1. The minimum absolute atomic E-state index is 0.287. The molecule has 1 unspecified atom stereocenters. The number of aliphatic imine (C=N–C) groups is 1. The van der Waals surface area contributed by atoms with Crippen LogP contribution in [0.1, 0.15) is 24.1 Å². The summed E-state index contributed by atoms with van der Waals surface area (Å²) in [6.07, 6.45) is 1.94. The van der Waals surface area contributed by atoms with Crippen molar-refractivity contribution in [3.8, 4) is 5.75 Å². The Bertz CT molecular complexity index is 1190. The molecular formula is C25H25Cl2N3O3S. The number of nitrogens with zero attached hydrogens (tertiary/aromatic N) is 3. The van der Waals surface area contributed by atoms with E-state index in [4.69, 9.17) is 37.7 Å². The van der Waals surface area contributed by atoms with Crippen molar-refractivity contribution in [2.75, 3.05) is 34.4 Å². The summed E-state index contributed by atoms with van der Waals surface area (Å²) in [6.45, 7) is 2.75. The predicted molar refractivity (Wildman–Crippen MR) is 139 cm³/mol. The van der Waals surface area contributed by atoms with Gasteiger partial charge in [-0.05, 0) is 62.6 Å². The first kappa shape index (κ1) is 24.7. The molecule has 4 rings (SSSR count). The number of amidine groups is 1. The van der Waals surface area contributed by atoms with E-state index in [1.54, 1.807) is 19.2 Å². The first-order chi connectivity index (χ1) is 16.3. The Labute approximate surface area is 213 Å². The Morgan fingerprint density at radius 3 is 2.56 bits per heavy atom. The highest BCUT2D eigenvalue weighted by Gasteiger charge is 2.40. The van der Waals surface area contributed by atoms with Gasteiger partial charge in [0.2, 0.25) is 0 Å². The van der Waals surface area contributed by atoms with Crippen LogP contribution < -0.4 is 4.74 Å². The number of hydrogen-bond acceptors (Lipinski definition) is 7. The second kappa shape index (κ2) is 10.4. The van der Waals surface area contributed by atoms with Gasteiger partial charge in [0.25, 0.3) is 0 Å². The van der Waals surface area contributed by atoms with Crippen molar-refractivity contribution in [2.24, 2.45) is 4.99 Å². The Hall–Kier alpha value is -2.45. The minimum atomic E-state index is -0.444. The van der Waals surface area contributed by atoms with E-state index in [1.807, 2.05) is 67.4 Å². The van der Waals surface area contributed by atoms with Crippen molar-refractivity contribution in [3.63, 3.8) is 0 Å². The van der Waals surface area contributed by atoms with Gasteiger partial charge in [-0.2, -0.15) is 0 Å². The fraction of sp³-hybridized carbons (Fsp3) is 0.280. The van der Waals surface area contributed by atoms with E-state index in [9.17, 15) is 4.79 Å². The number of likely N-dealkylation sites (N-methyl/N-ethyl adjacent to an activating group) is 1. The van der Waals surface area contributed by atoms with Gasteiger partial charge >= 0.3 is 5.97 Å². The van der Waals surface area contributed by atoms with Crippen molar-refractivity contribution >= 4 is 51.0 Å². The molecule has 0 amide bonds. The Kier molecular flexibility index (Phi) is 7.57. The molecule has 0 saturated carbocycles. The highest BCUT2D eigenvalue weighted by molar-refractivity contribution is 8.22. The van der Waals surface area contributed by atoms with Gasteiger partial charge in [-0.25, -0.2) is 9.79 Å². The summed E-state index contributed by atoms with van der Waals surface area (Å²) in [6, 6.07) is 12.6. The van der Waals surface area contributed by atoms with E-state index in [0.29, 0.717) is 33.6 Å². The van der Waals surface area contributed by atoms with Crippen LogP contribution in [0.2, 0.25) is 10.0 Å². The first-order valence-electron chi connectivity index (χ1n) is 10.7. The summed E-state index contributed by atoms with van der Waals surface area (Å²) in [5.41, 5.74) is 2.72. The van der Waals surface area contributed by atoms with Crippen LogP contribution in [0.4, 0.5) is 0 Å². The Morgan fingerprint density at radius 1 is 1.18 bits per heavy atom. The summed E-state index contributed by atoms with van der Waals surface area (Å²) >= 11 is 14.4. The van der Waals surface area contributed by atoms with Crippen molar-refractivity contribution in [2.45, 2.75) is 13.0 Å². The lowest BCUT2D eigenvalue weighted by Gasteiger charge is -2.33. The van der Waals surface area contributed by atoms with Crippen LogP contribution in [0.15, 0.2) is 64.9 Å². The van der Waals surface area contributed by atoms with Gasteiger partial charge in [-0.1, -0.05) is 41.4 Å². The highest BCUT2D eigenvalue weighted by Crippen LogP contribution is 2.49. The maximum Gasteiger partial charge on any atom is 0.338 e. The summed E-state index contributed by atoms with van der Waals surface area (Å²) in [5.74, 6) is 0.308. The number of carbonyl (C=O) groups is 1. The van der Waals surface area contributed by atoms with E-state index in [2.05, 4.69) is 0 Å². The molecule has 2 heterocycles. The second-order valence-corrected chi connectivity index (χ2v) is 9.93. The number of fused-ring (bicyclic) bond motifs is 1. The van der Waals surface area contributed by atoms with Crippen LogP contribution in [0.25, 0.3) is 4.91 Å². The van der Waals surface area contributed by atoms with Gasteiger partial charge in [-0.15, -0.1) is 0 Å². The molecule has 0 bridgehead atoms. The quantitative estimate of drug-likeness (QED) is 0.430. The monoisotopic (exact) mass is 517 g/mol. The molecule has 0 aliphatic carbocycles. The molecule has 0 radical (unpaired) electrons. The molecule has 0 aromatic heterocycles. The van der Waals surface area contributed by atoms with Crippen LogP contribution in [-0.2, 0) is 9.53 Å². The molecule has 2 aromatic rings. The third-order valence-corrected chi connectivity index (χ3v) is 7.14. The summed E-state index contributed by atoms with van der Waals surface area (Å²) in [4.78, 5) is 22.8. The molecule has 1 atom stereocenters. The summed E-state index contributed by atoms with van der Waals surface area (Å²) in [5, 5.41) is 1.84. The number of carbonyl (C=O) groups excluding carboxylic acids is 1. The van der Waals surface area contributed by atoms with Gasteiger partial charge in [-0.3, -0.25) is 0 Å². The lowest BCUT2D eigenvalue weighted by molar-refractivity contribution is -0.140. The van der Waals surface area contributed by atoms with Crippen molar-refractivity contribution < 1.29 is 14.3 Å². The van der Waals surface area contributed by atoms with Crippen LogP contribution in [-0.4, -0.2) is 55.3 Å². The van der Waals surface area contributed by atoms with Crippen LogP contribution in [0.3, 0.4) is 0 Å². The number of rotatable bonds is 7. The molecule has 2 aliphatic rings. The highest BCUT2D eigenvalue weighted by atomic mass is 35.5. The molecule has 9 heteroatoms. The number of hydrogen-bond donors (Lipinski definition) is 0. The van der Waals surface area contributed by atoms with E-state index < -0.39 is 12.0 Å². The maximum atomic E-state index is 13.3. The normalized spacial score (nSPS) is 17.5. The van der Waals surface area contributed by atoms with Crippen molar-refractivity contribution in [1.29, 1.82) is 0 Å². The lowest BCUT2D eigenvalue weighted by Crippen LogP contribution is -2.34. The van der Waals surface area contributed by atoms with E-state index in [0.717, 1.165) is 21.2 Å². The predicted octanol–water partition coefficient (Wildman–Crippen LogP) is 5.84. The van der Waals surface area contributed by atoms with Gasteiger partial charge in [0.15, 0.2) is 5.17 Å². The number of esters is 1. The van der Waals surface area contributed by atoms with Gasteiger partial charge in [0.1, 0.15) is 12.4 Å². The average molecular weight is 518 g/mol. The minimum Gasteiger partial charge on any atom is -0.497 e. The number of methoxy groups -OCH3 is 1. The molecular weight excluding hydrogens is 493 g/mol. The molecule has 2 aliphatic heterocycles. The molecule has 6 nitrogen and oxygen atoms in total. The smallest absolute Gasteiger partial charge is 0.338 e. The number of ether oxygens (including phenoxy) is 2. The lowest BCUT2D eigenvalue weighted by atomic mass is 9.94. The van der Waals surface area contributed by atoms with Crippen LogP contribution in [0, 0.1) is 0 Å². The second-order valence-electron chi connectivity index (χ2n) is 8.11. The van der Waals surface area contributed by atoms with E-state index in [1.165, 1.54) is 11.8 Å². The number of thioether (sulfide) groups is 1. The maximum absolute atomic E-state index is 13.3. The largest absolute Gasteiger partial charge is 0.497 e. The summed E-state index contributed by atoms with van der Waals surface area (Å²) in [7, 11) is 5.48. The summed E-state index contributed by atoms with van der Waals surface area (Å²) < 4.78 is 11.1. The topological polar surface area (TPSA) is 54.4 Å². The fourth-order valence-corrected chi connectivity index (χ4v) is 5.65. The van der Waals surface area contributed by atoms with Gasteiger partial charge < -0.3 is 19.3 Å². The molecule has 34 heavy (non-hydrogen) atoms. The van der Waals surface area contributed by atoms with Crippen molar-refractivity contribution in [3.05, 3.63) is 81.1 Å². The molecule has 2 aromatic carbocycles. The molecule has 0 fully saturated rings. The van der Waals surface area contributed by atoms with Gasteiger partial charge in [0, 0.05) is 23.2 Å². The van der Waals surface area contributed by atoms with Crippen molar-refractivity contribution in [1.82, 2.24) is 9.80 Å². The Balaban J connectivity index is 1.78. The number of halogens is 2. The zero-order valence-electron chi connectivity index (χ0n) is 19.3. The fourth-order valence-electron chi connectivity index (χ4n) is 3.81. The third kappa shape index (κ3) is 4.98. The molecule has 0 spiro atoms. The molecule has 178 valence electrons. The van der Waals surface area contributed by atoms with Gasteiger partial charge in [0.05, 0.1) is 34.5 Å². The Morgan fingerprint density at radius 2 is 1.88 bits per heavy atom. The molecule has 0 N–H and O–H groups in total. The first-order valence-corrected chi connectivity index (χ1v) is 12.2. The zero-order chi connectivity index (χ0) is 24.4. The van der Waals surface area contributed by atoms with E-state index in [-0.39, 0.29) is 6.61 Å². The standard InChI is InChI=1S/C25H25Cl2N3O3S/c1-15-21(24(31)33-12-11-29(2)3)23(16-7-5-8-17(13-16)32-4)30-14-20(34-25(30)28-15)22-18(26)9-6-10-19(22)27/h5-10,13-14,23H,11-12H2,1-4H3. The average Bonchev–Trinajstić information content (AvgIpc) is 3.20. The van der Waals surface area contributed by atoms with E-state index >= 15 is 0 Å². The third-order valence-electron chi connectivity index (χ3n) is 5.49. The number of allylic oxidation sites excluding steroid dienone is 1. The number of benzene rings is 2. The van der Waals surface area contributed by atoms with Crippen LogP contribution in [0.5, 0.6) is 5.75 Å². The zero-order valence-corrected chi connectivity index (χ0v) is 21.7. The molecule has 0 saturated heterocycles. The van der Waals surface area contributed by atoms with Crippen LogP contribution >= 0.6 is 35.0 Å².